The van der Waals surface area contributed by atoms with Crippen LogP contribution in [-0.2, 0) is 9.53 Å². The zero-order valence-corrected chi connectivity index (χ0v) is 17.8. The summed E-state index contributed by atoms with van der Waals surface area (Å²) in [7, 11) is 1.40. The number of pyridine rings is 1. The van der Waals surface area contributed by atoms with E-state index in [1.165, 1.54) is 7.11 Å². The third-order valence-electron chi connectivity index (χ3n) is 5.41. The Balaban J connectivity index is 1.79. The summed E-state index contributed by atoms with van der Waals surface area (Å²) in [5, 5.41) is 4.04. The first-order chi connectivity index (χ1) is 14.6. The highest BCUT2D eigenvalue weighted by Gasteiger charge is 2.41. The lowest BCUT2D eigenvalue weighted by molar-refractivity contribution is -0.140. The van der Waals surface area contributed by atoms with Gasteiger partial charge in [-0.15, -0.1) is 0 Å². The Morgan fingerprint density at radius 1 is 1.13 bits per heavy atom. The second kappa shape index (κ2) is 8.67. The molecule has 3 heterocycles. The molecule has 2 aromatic heterocycles. The van der Waals surface area contributed by atoms with E-state index in [4.69, 9.17) is 17.0 Å². The third-order valence-corrected chi connectivity index (χ3v) is 5.76. The molecule has 1 aromatic carbocycles. The van der Waals surface area contributed by atoms with Crippen LogP contribution in [-0.4, -0.2) is 39.2 Å². The molecule has 0 spiro atoms. The van der Waals surface area contributed by atoms with Gasteiger partial charge in [-0.05, 0) is 55.5 Å². The highest BCUT2D eigenvalue weighted by Crippen LogP contribution is 2.40. The van der Waals surface area contributed by atoms with Crippen LogP contribution in [0.1, 0.15) is 35.6 Å². The summed E-state index contributed by atoms with van der Waals surface area (Å²) in [6, 6.07) is 20.1. The van der Waals surface area contributed by atoms with Gasteiger partial charge in [0.15, 0.2) is 5.11 Å². The standard InChI is InChI=1S/C23H24N4O2S/c1-16-11-12-19(27(16)17-8-4-3-5-9-17)22-21(18-10-6-7-14-24-18)25-23(30)26(22)15-13-20(28)29-2/h3-12,14,21-22H,13,15H2,1-2H3,(H,25,30)/t21-,22-/m0/s1. The van der Waals surface area contributed by atoms with Crippen molar-refractivity contribution in [1.29, 1.82) is 0 Å². The zero-order chi connectivity index (χ0) is 21.1. The van der Waals surface area contributed by atoms with Gasteiger partial charge in [0.1, 0.15) is 0 Å². The second-order valence-electron chi connectivity index (χ2n) is 7.22. The molecule has 0 bridgehead atoms. The quantitative estimate of drug-likeness (QED) is 0.485. The van der Waals surface area contributed by atoms with Crippen molar-refractivity contribution in [3.63, 3.8) is 0 Å². The number of esters is 1. The van der Waals surface area contributed by atoms with E-state index in [2.05, 4.69) is 51.0 Å². The number of methoxy groups -OCH3 is 1. The fourth-order valence-electron chi connectivity index (χ4n) is 4.00. The lowest BCUT2D eigenvalue weighted by Gasteiger charge is -2.29. The van der Waals surface area contributed by atoms with Crippen LogP contribution in [0.5, 0.6) is 0 Å². The van der Waals surface area contributed by atoms with E-state index >= 15 is 0 Å². The molecule has 0 radical (unpaired) electrons. The molecule has 0 unspecified atom stereocenters. The van der Waals surface area contributed by atoms with E-state index in [1.807, 2.05) is 36.4 Å². The minimum Gasteiger partial charge on any atom is -0.469 e. The van der Waals surface area contributed by atoms with Crippen molar-refractivity contribution in [2.45, 2.75) is 25.4 Å². The molecule has 1 aliphatic heterocycles. The number of carbonyl (C=O) groups excluding carboxylic acids is 1. The summed E-state index contributed by atoms with van der Waals surface area (Å²) in [4.78, 5) is 18.5. The summed E-state index contributed by atoms with van der Waals surface area (Å²) in [6.07, 6.45) is 2.05. The number of aryl methyl sites for hydroxylation is 1. The van der Waals surface area contributed by atoms with Crippen LogP contribution in [0.3, 0.4) is 0 Å². The number of benzene rings is 1. The molecule has 1 saturated heterocycles. The Hall–Kier alpha value is -3.19. The average molecular weight is 421 g/mol. The number of thiocarbonyl (C=S) groups is 1. The molecule has 0 aliphatic carbocycles. The van der Waals surface area contributed by atoms with Crippen molar-refractivity contribution < 1.29 is 9.53 Å². The smallest absolute Gasteiger partial charge is 0.307 e. The maximum Gasteiger partial charge on any atom is 0.307 e. The van der Waals surface area contributed by atoms with Gasteiger partial charge in [-0.2, -0.15) is 0 Å². The Labute approximate surface area is 181 Å². The van der Waals surface area contributed by atoms with E-state index in [-0.39, 0.29) is 24.5 Å². The predicted molar refractivity (Wildman–Crippen MR) is 119 cm³/mol. The van der Waals surface area contributed by atoms with Crippen molar-refractivity contribution in [3.05, 3.63) is 83.9 Å². The van der Waals surface area contributed by atoms with Crippen LogP contribution in [0.15, 0.2) is 66.9 Å². The van der Waals surface area contributed by atoms with Gasteiger partial charge in [-0.25, -0.2) is 0 Å². The number of nitrogens with one attached hydrogen (secondary N) is 1. The molecule has 7 heteroatoms. The van der Waals surface area contributed by atoms with Crippen molar-refractivity contribution in [2.75, 3.05) is 13.7 Å². The van der Waals surface area contributed by atoms with Gasteiger partial charge in [0.2, 0.25) is 0 Å². The Kier molecular flexibility index (Phi) is 5.81. The fourth-order valence-corrected chi connectivity index (χ4v) is 4.33. The van der Waals surface area contributed by atoms with Crippen LogP contribution in [0.4, 0.5) is 0 Å². The van der Waals surface area contributed by atoms with Crippen molar-refractivity contribution in [3.8, 4) is 5.69 Å². The molecule has 1 aliphatic rings. The van der Waals surface area contributed by atoms with Gasteiger partial charge in [0.25, 0.3) is 0 Å². The fraction of sp³-hybridized carbons (Fsp3) is 0.261. The summed E-state index contributed by atoms with van der Waals surface area (Å²) in [5.74, 6) is -0.257. The molecule has 6 nitrogen and oxygen atoms in total. The van der Waals surface area contributed by atoms with Gasteiger partial charge >= 0.3 is 5.97 Å². The van der Waals surface area contributed by atoms with E-state index in [1.54, 1.807) is 6.20 Å². The number of aromatic nitrogens is 2. The maximum atomic E-state index is 11.8. The molecular formula is C23H24N4O2S. The molecular weight excluding hydrogens is 396 g/mol. The van der Waals surface area contributed by atoms with Gasteiger partial charge in [-0.3, -0.25) is 9.78 Å². The van der Waals surface area contributed by atoms with E-state index < -0.39 is 0 Å². The number of carbonyl (C=O) groups is 1. The van der Waals surface area contributed by atoms with Crippen molar-refractivity contribution in [1.82, 2.24) is 19.8 Å². The molecule has 154 valence electrons. The topological polar surface area (TPSA) is 59.4 Å². The number of hydrogen-bond acceptors (Lipinski definition) is 4. The van der Waals surface area contributed by atoms with E-state index in [0.29, 0.717) is 11.7 Å². The first kappa shape index (κ1) is 20.1. The first-order valence-corrected chi connectivity index (χ1v) is 10.3. The maximum absolute atomic E-state index is 11.8. The molecule has 30 heavy (non-hydrogen) atoms. The van der Waals surface area contributed by atoms with Crippen molar-refractivity contribution in [2.24, 2.45) is 0 Å². The Bertz CT molecular complexity index is 1040. The number of ether oxygens (including phenoxy) is 1. The zero-order valence-electron chi connectivity index (χ0n) is 17.0. The van der Waals surface area contributed by atoms with Crippen molar-refractivity contribution >= 4 is 23.3 Å². The van der Waals surface area contributed by atoms with Crippen LogP contribution < -0.4 is 5.32 Å². The van der Waals surface area contributed by atoms with E-state index in [0.717, 1.165) is 22.8 Å². The Morgan fingerprint density at radius 3 is 2.60 bits per heavy atom. The summed E-state index contributed by atoms with van der Waals surface area (Å²) < 4.78 is 7.09. The number of rotatable bonds is 6. The molecule has 1 fully saturated rings. The SMILES string of the molecule is COC(=O)CCN1C(=S)N[C@@H](c2ccccn2)[C@@H]1c1ccc(C)n1-c1ccccc1. The second-order valence-corrected chi connectivity index (χ2v) is 7.60. The monoisotopic (exact) mass is 420 g/mol. The third kappa shape index (κ3) is 3.80. The van der Waals surface area contributed by atoms with Gasteiger partial charge in [0.05, 0.1) is 31.3 Å². The highest BCUT2D eigenvalue weighted by molar-refractivity contribution is 7.80. The number of nitrogens with zero attached hydrogens (tertiary/aromatic N) is 3. The predicted octanol–water partition coefficient (Wildman–Crippen LogP) is 3.72. The summed E-state index contributed by atoms with van der Waals surface area (Å²) >= 11 is 5.68. The lowest BCUT2D eigenvalue weighted by Crippen LogP contribution is -2.32. The first-order valence-electron chi connectivity index (χ1n) is 9.88. The lowest BCUT2D eigenvalue weighted by atomic mass is 10.0. The van der Waals surface area contributed by atoms with Gasteiger partial charge in [-0.1, -0.05) is 24.3 Å². The normalized spacial score (nSPS) is 18.3. The number of hydrogen-bond donors (Lipinski definition) is 1. The summed E-state index contributed by atoms with van der Waals surface area (Å²) in [6.45, 7) is 2.55. The molecule has 3 aromatic rings. The molecule has 0 amide bonds. The summed E-state index contributed by atoms with van der Waals surface area (Å²) in [5.41, 5.74) is 4.21. The minimum atomic E-state index is -0.257. The minimum absolute atomic E-state index is 0.119. The molecule has 4 rings (SSSR count). The van der Waals surface area contributed by atoms with Crippen LogP contribution in [0, 0.1) is 6.92 Å². The van der Waals surface area contributed by atoms with Crippen LogP contribution in [0.2, 0.25) is 0 Å². The van der Waals surface area contributed by atoms with Gasteiger partial charge < -0.3 is 19.5 Å². The van der Waals surface area contributed by atoms with E-state index in [9.17, 15) is 4.79 Å². The molecule has 0 saturated carbocycles. The molecule has 2 atom stereocenters. The van der Waals surface area contributed by atoms with Crippen LogP contribution >= 0.6 is 12.2 Å². The number of para-hydroxylation sites is 1. The Morgan fingerprint density at radius 2 is 1.90 bits per heavy atom. The van der Waals surface area contributed by atoms with Crippen LogP contribution in [0.25, 0.3) is 5.69 Å². The average Bonchev–Trinajstić information content (AvgIpc) is 3.32. The van der Waals surface area contributed by atoms with Gasteiger partial charge in [0, 0.05) is 29.8 Å². The molecule has 1 N–H and O–H groups in total. The highest BCUT2D eigenvalue weighted by atomic mass is 32.1. The largest absolute Gasteiger partial charge is 0.469 e.